The first kappa shape index (κ1) is 22.7. The van der Waals surface area contributed by atoms with E-state index in [-0.39, 0.29) is 34.2 Å². The molecule has 0 spiro atoms. The van der Waals surface area contributed by atoms with Crippen molar-refractivity contribution in [3.05, 3.63) is 24.3 Å². The fraction of sp³-hybridized carbons (Fsp3) is 0.667. The van der Waals surface area contributed by atoms with Gasteiger partial charge in [-0.05, 0) is 62.8 Å². The molecule has 0 radical (unpaired) electrons. The molecule has 1 saturated heterocycles. The smallest absolute Gasteiger partial charge is 0.243 e. The molecule has 0 aliphatic carbocycles. The number of carbonyl (C=O) groups excluding carboxylic acids is 1. The van der Waals surface area contributed by atoms with E-state index in [9.17, 15) is 13.2 Å². The summed E-state index contributed by atoms with van der Waals surface area (Å²) in [5, 5.41) is 3.13. The van der Waals surface area contributed by atoms with Crippen molar-refractivity contribution in [3.63, 3.8) is 0 Å². The van der Waals surface area contributed by atoms with Crippen LogP contribution in [0.2, 0.25) is 0 Å². The van der Waals surface area contributed by atoms with Gasteiger partial charge in [0.05, 0.1) is 17.9 Å². The van der Waals surface area contributed by atoms with Crippen LogP contribution in [0.25, 0.3) is 0 Å². The number of hydrogen-bond donors (Lipinski definition) is 1. The van der Waals surface area contributed by atoms with Gasteiger partial charge >= 0.3 is 0 Å². The molecule has 1 amide bonds. The minimum absolute atomic E-state index is 0.0659. The molecular weight excluding hydrogens is 376 g/mol. The second-order valence-electron chi connectivity index (χ2n) is 9.49. The van der Waals surface area contributed by atoms with Gasteiger partial charge in [0, 0.05) is 18.6 Å². The average Bonchev–Trinajstić information content (AvgIpc) is 2.59. The number of piperidine rings is 1. The quantitative estimate of drug-likeness (QED) is 0.780. The van der Waals surface area contributed by atoms with Crippen LogP contribution in [0.5, 0.6) is 5.75 Å². The maximum atomic E-state index is 13.0. The first-order valence-corrected chi connectivity index (χ1v) is 11.2. The zero-order valence-corrected chi connectivity index (χ0v) is 18.7. The lowest BCUT2D eigenvalue weighted by molar-refractivity contribution is -0.128. The first-order chi connectivity index (χ1) is 12.8. The SMILES string of the molecule is COc1ccc(S(=O)(=O)N2CCCC(C(=O)NC(C)(C)CC(C)(C)C)C2)cc1. The standard InChI is InChI=1S/C21H34N2O4S/c1-20(2,3)15-21(4,5)22-19(24)16-8-7-13-23(14-16)28(25,26)18-11-9-17(27-6)10-12-18/h9-12,16H,7-8,13-15H2,1-6H3,(H,22,24). The van der Waals surface area contributed by atoms with Crippen LogP contribution >= 0.6 is 0 Å². The lowest BCUT2D eigenvalue weighted by atomic mass is 9.81. The van der Waals surface area contributed by atoms with Gasteiger partial charge < -0.3 is 10.1 Å². The number of nitrogens with zero attached hydrogens (tertiary/aromatic N) is 1. The summed E-state index contributed by atoms with van der Waals surface area (Å²) in [6, 6.07) is 6.36. The van der Waals surface area contributed by atoms with Crippen LogP contribution in [-0.4, -0.2) is 44.4 Å². The fourth-order valence-corrected chi connectivity index (χ4v) is 5.60. The molecule has 0 bridgehead atoms. The first-order valence-electron chi connectivity index (χ1n) is 9.80. The molecule has 0 saturated carbocycles. The lowest BCUT2D eigenvalue weighted by Gasteiger charge is -2.36. The van der Waals surface area contributed by atoms with E-state index in [0.717, 1.165) is 6.42 Å². The summed E-state index contributed by atoms with van der Waals surface area (Å²) in [5.41, 5.74) is -0.250. The van der Waals surface area contributed by atoms with Crippen LogP contribution in [0.4, 0.5) is 0 Å². The van der Waals surface area contributed by atoms with Crippen LogP contribution in [0.3, 0.4) is 0 Å². The molecule has 6 nitrogen and oxygen atoms in total. The molecule has 1 aromatic carbocycles. The highest BCUT2D eigenvalue weighted by molar-refractivity contribution is 7.89. The van der Waals surface area contributed by atoms with Gasteiger partial charge in [-0.1, -0.05) is 20.8 Å². The molecule has 1 atom stereocenters. The van der Waals surface area contributed by atoms with E-state index in [0.29, 0.717) is 25.1 Å². The highest BCUT2D eigenvalue weighted by atomic mass is 32.2. The normalized spacial score (nSPS) is 19.3. The van der Waals surface area contributed by atoms with Gasteiger partial charge in [-0.15, -0.1) is 0 Å². The number of nitrogens with one attached hydrogen (secondary N) is 1. The van der Waals surface area contributed by atoms with E-state index in [2.05, 4.69) is 26.1 Å². The van der Waals surface area contributed by atoms with Gasteiger partial charge in [-0.25, -0.2) is 8.42 Å². The van der Waals surface area contributed by atoms with E-state index in [4.69, 9.17) is 4.74 Å². The van der Waals surface area contributed by atoms with Gasteiger partial charge in [0.2, 0.25) is 15.9 Å². The van der Waals surface area contributed by atoms with E-state index in [1.54, 1.807) is 31.4 Å². The summed E-state index contributed by atoms with van der Waals surface area (Å²) < 4.78 is 32.5. The molecular formula is C21H34N2O4S. The Bertz CT molecular complexity index is 780. The second-order valence-corrected chi connectivity index (χ2v) is 11.4. The van der Waals surface area contributed by atoms with Gasteiger partial charge in [0.1, 0.15) is 5.75 Å². The Morgan fingerprint density at radius 2 is 1.79 bits per heavy atom. The van der Waals surface area contributed by atoms with Gasteiger partial charge in [-0.2, -0.15) is 4.31 Å². The van der Waals surface area contributed by atoms with Crippen molar-refractivity contribution in [3.8, 4) is 5.75 Å². The van der Waals surface area contributed by atoms with Crippen molar-refractivity contribution in [2.75, 3.05) is 20.2 Å². The van der Waals surface area contributed by atoms with Crippen LogP contribution in [-0.2, 0) is 14.8 Å². The summed E-state index contributed by atoms with van der Waals surface area (Å²) in [4.78, 5) is 13.1. The highest BCUT2D eigenvalue weighted by Crippen LogP contribution is 2.29. The summed E-state index contributed by atoms with van der Waals surface area (Å²) >= 11 is 0. The van der Waals surface area contributed by atoms with Gasteiger partial charge in [-0.3, -0.25) is 4.79 Å². The maximum absolute atomic E-state index is 13.0. The maximum Gasteiger partial charge on any atom is 0.243 e. The number of benzene rings is 1. The summed E-state index contributed by atoms with van der Waals surface area (Å²) in [6.45, 7) is 11.1. The molecule has 0 aromatic heterocycles. The van der Waals surface area contributed by atoms with Crippen LogP contribution in [0.1, 0.15) is 53.9 Å². The summed E-state index contributed by atoms with van der Waals surface area (Å²) in [7, 11) is -2.09. The number of methoxy groups -OCH3 is 1. The Balaban J connectivity index is 2.09. The second kappa shape index (κ2) is 8.41. The van der Waals surface area contributed by atoms with Crippen molar-refractivity contribution < 1.29 is 17.9 Å². The van der Waals surface area contributed by atoms with E-state index < -0.39 is 10.0 Å². The fourth-order valence-electron chi connectivity index (χ4n) is 4.08. The molecule has 1 heterocycles. The average molecular weight is 411 g/mol. The number of carbonyl (C=O) groups is 1. The third-order valence-electron chi connectivity index (χ3n) is 4.89. The Morgan fingerprint density at radius 3 is 2.32 bits per heavy atom. The third kappa shape index (κ3) is 5.95. The number of amides is 1. The Hall–Kier alpha value is -1.60. The molecule has 2 rings (SSSR count). The molecule has 1 aromatic rings. The van der Waals surface area contributed by atoms with Crippen molar-refractivity contribution >= 4 is 15.9 Å². The molecule has 28 heavy (non-hydrogen) atoms. The zero-order valence-electron chi connectivity index (χ0n) is 17.9. The zero-order chi connectivity index (χ0) is 21.2. The largest absolute Gasteiger partial charge is 0.497 e. The summed E-state index contributed by atoms with van der Waals surface area (Å²) in [5.74, 6) is 0.209. The van der Waals surface area contributed by atoms with Crippen molar-refractivity contribution in [1.82, 2.24) is 9.62 Å². The predicted octanol–water partition coefficient (Wildman–Crippen LogP) is 3.43. The van der Waals surface area contributed by atoms with E-state index in [1.165, 1.54) is 4.31 Å². The summed E-state index contributed by atoms with van der Waals surface area (Å²) in [6.07, 6.45) is 2.21. The third-order valence-corrected chi connectivity index (χ3v) is 6.77. The lowest BCUT2D eigenvalue weighted by Crippen LogP contribution is -2.51. The number of rotatable bonds is 6. The van der Waals surface area contributed by atoms with E-state index in [1.807, 2.05) is 13.8 Å². The molecule has 1 fully saturated rings. The topological polar surface area (TPSA) is 75.7 Å². The van der Waals surface area contributed by atoms with E-state index >= 15 is 0 Å². The predicted molar refractivity (Wildman–Crippen MR) is 111 cm³/mol. The molecule has 7 heteroatoms. The molecule has 1 N–H and O–H groups in total. The van der Waals surface area contributed by atoms with Crippen LogP contribution < -0.4 is 10.1 Å². The molecule has 1 aliphatic heterocycles. The Morgan fingerprint density at radius 1 is 1.18 bits per heavy atom. The molecule has 158 valence electrons. The monoisotopic (exact) mass is 410 g/mol. The van der Waals surface area contributed by atoms with Gasteiger partial charge in [0.15, 0.2) is 0 Å². The minimum atomic E-state index is -3.63. The molecule has 1 aliphatic rings. The van der Waals surface area contributed by atoms with Crippen molar-refractivity contribution in [1.29, 1.82) is 0 Å². The number of ether oxygens (including phenoxy) is 1. The highest BCUT2D eigenvalue weighted by Gasteiger charge is 2.35. The van der Waals surface area contributed by atoms with Crippen LogP contribution in [0, 0.1) is 11.3 Å². The Labute approximate surface area is 169 Å². The molecule has 1 unspecified atom stereocenters. The number of sulfonamides is 1. The van der Waals surface area contributed by atoms with Crippen molar-refractivity contribution in [2.24, 2.45) is 11.3 Å². The van der Waals surface area contributed by atoms with Gasteiger partial charge in [0.25, 0.3) is 0 Å². The van der Waals surface area contributed by atoms with Crippen LogP contribution in [0.15, 0.2) is 29.2 Å². The van der Waals surface area contributed by atoms with Crippen molar-refractivity contribution in [2.45, 2.75) is 64.3 Å². The number of hydrogen-bond acceptors (Lipinski definition) is 4. The minimum Gasteiger partial charge on any atom is -0.497 e. The Kier molecular flexibility index (Phi) is 6.82.